The maximum absolute atomic E-state index is 12.4. The molecule has 2 heterocycles. The Morgan fingerprint density at radius 2 is 1.96 bits per heavy atom. The first kappa shape index (κ1) is 17.6. The molecule has 0 aliphatic heterocycles. The number of rotatable bonds is 6. The van der Waals surface area contributed by atoms with Crippen molar-refractivity contribution in [1.82, 2.24) is 25.5 Å². The van der Waals surface area contributed by atoms with E-state index < -0.39 is 0 Å². The lowest BCUT2D eigenvalue weighted by molar-refractivity contribution is -0.120. The number of carbonyl (C=O) groups excluding carboxylic acids is 1. The van der Waals surface area contributed by atoms with E-state index >= 15 is 0 Å². The Labute approximate surface area is 160 Å². The Balaban J connectivity index is 1.43. The summed E-state index contributed by atoms with van der Waals surface area (Å²) in [5, 5.41) is 12.6. The van der Waals surface area contributed by atoms with Crippen LogP contribution in [-0.2, 0) is 17.8 Å². The highest BCUT2D eigenvalue weighted by Gasteiger charge is 2.13. The van der Waals surface area contributed by atoms with Crippen molar-refractivity contribution < 1.29 is 13.9 Å². The number of methoxy groups -OCH3 is 1. The average molecular weight is 375 g/mol. The topological polar surface area (TPSA) is 103 Å². The summed E-state index contributed by atoms with van der Waals surface area (Å²) in [6, 6.07) is 11.6. The molecule has 0 atom stereocenters. The summed E-state index contributed by atoms with van der Waals surface area (Å²) in [5.74, 6) is 1.20. The highest BCUT2D eigenvalue weighted by atomic mass is 16.5. The van der Waals surface area contributed by atoms with E-state index in [4.69, 9.17) is 9.15 Å². The summed E-state index contributed by atoms with van der Waals surface area (Å²) in [5.41, 5.74) is 1.40. The van der Waals surface area contributed by atoms with Gasteiger partial charge in [-0.1, -0.05) is 30.3 Å². The van der Waals surface area contributed by atoms with E-state index in [2.05, 4.69) is 25.5 Å². The molecular weight excluding hydrogens is 358 g/mol. The molecule has 0 bridgehead atoms. The van der Waals surface area contributed by atoms with Gasteiger partial charge in [-0.2, -0.15) is 0 Å². The van der Waals surface area contributed by atoms with Gasteiger partial charge in [0, 0.05) is 17.8 Å². The fraction of sp³-hybridized carbons (Fsp3) is 0.150. The second kappa shape index (κ2) is 7.83. The highest BCUT2D eigenvalue weighted by molar-refractivity contribution is 5.94. The molecule has 140 valence electrons. The summed E-state index contributed by atoms with van der Waals surface area (Å²) >= 11 is 0. The molecule has 4 aromatic rings. The molecule has 0 radical (unpaired) electrons. The second-order valence-electron chi connectivity index (χ2n) is 6.02. The van der Waals surface area contributed by atoms with E-state index in [1.54, 1.807) is 19.5 Å². The van der Waals surface area contributed by atoms with Gasteiger partial charge in [-0.25, -0.2) is 4.98 Å². The summed E-state index contributed by atoms with van der Waals surface area (Å²) < 4.78 is 10.9. The van der Waals surface area contributed by atoms with Crippen LogP contribution in [-0.4, -0.2) is 33.2 Å². The van der Waals surface area contributed by atoms with Crippen LogP contribution in [0.2, 0.25) is 0 Å². The van der Waals surface area contributed by atoms with Gasteiger partial charge >= 0.3 is 0 Å². The molecule has 1 amide bonds. The van der Waals surface area contributed by atoms with E-state index in [1.165, 1.54) is 6.20 Å². The van der Waals surface area contributed by atoms with Gasteiger partial charge in [-0.3, -0.25) is 9.78 Å². The van der Waals surface area contributed by atoms with Crippen LogP contribution in [0, 0.1) is 0 Å². The SMILES string of the molecule is COc1ccc(CC(=O)NCc2nnc(-c3cnccn3)o2)c2ccccc12. The molecule has 0 saturated carbocycles. The number of fused-ring (bicyclic) bond motifs is 1. The number of ether oxygens (including phenoxy) is 1. The predicted octanol–water partition coefficient (Wildman–Crippen LogP) is 2.55. The number of amides is 1. The van der Waals surface area contributed by atoms with E-state index in [0.717, 1.165) is 22.1 Å². The molecule has 8 heteroatoms. The summed E-state index contributed by atoms with van der Waals surface area (Å²) in [6.07, 6.45) is 4.87. The predicted molar refractivity (Wildman–Crippen MR) is 101 cm³/mol. The third-order valence-electron chi connectivity index (χ3n) is 4.23. The van der Waals surface area contributed by atoms with Gasteiger partial charge in [-0.15, -0.1) is 10.2 Å². The monoisotopic (exact) mass is 375 g/mol. The molecule has 0 aliphatic carbocycles. The molecule has 1 N–H and O–H groups in total. The zero-order valence-electron chi connectivity index (χ0n) is 15.1. The van der Waals surface area contributed by atoms with Gasteiger partial charge in [0.25, 0.3) is 5.89 Å². The van der Waals surface area contributed by atoms with Gasteiger partial charge in [-0.05, 0) is 17.0 Å². The molecule has 2 aromatic carbocycles. The Hall–Kier alpha value is -3.81. The van der Waals surface area contributed by atoms with Crippen molar-refractivity contribution in [2.45, 2.75) is 13.0 Å². The van der Waals surface area contributed by atoms with Gasteiger partial charge in [0.05, 0.1) is 26.3 Å². The Kier molecular flexibility index (Phi) is 4.92. The molecule has 2 aromatic heterocycles. The first-order chi connectivity index (χ1) is 13.7. The minimum absolute atomic E-state index is 0.139. The molecule has 28 heavy (non-hydrogen) atoms. The summed E-state index contributed by atoms with van der Waals surface area (Å²) in [6.45, 7) is 0.139. The fourth-order valence-electron chi connectivity index (χ4n) is 2.91. The van der Waals surface area contributed by atoms with Gasteiger partial charge < -0.3 is 14.5 Å². The van der Waals surface area contributed by atoms with Crippen LogP contribution < -0.4 is 10.1 Å². The van der Waals surface area contributed by atoms with Crippen molar-refractivity contribution in [3.63, 3.8) is 0 Å². The van der Waals surface area contributed by atoms with Crippen molar-refractivity contribution in [1.29, 1.82) is 0 Å². The number of carbonyl (C=O) groups is 1. The number of aromatic nitrogens is 4. The van der Waals surface area contributed by atoms with Crippen LogP contribution in [0.5, 0.6) is 5.75 Å². The fourth-order valence-corrected chi connectivity index (χ4v) is 2.91. The Morgan fingerprint density at radius 3 is 2.75 bits per heavy atom. The lowest BCUT2D eigenvalue weighted by Crippen LogP contribution is -2.24. The zero-order valence-corrected chi connectivity index (χ0v) is 15.1. The minimum atomic E-state index is -0.144. The highest BCUT2D eigenvalue weighted by Crippen LogP contribution is 2.28. The van der Waals surface area contributed by atoms with Gasteiger partial charge in [0.1, 0.15) is 11.4 Å². The van der Waals surface area contributed by atoms with Crippen LogP contribution in [0.1, 0.15) is 11.5 Å². The Bertz CT molecular complexity index is 1110. The third kappa shape index (κ3) is 3.66. The maximum atomic E-state index is 12.4. The molecule has 0 spiro atoms. The lowest BCUT2D eigenvalue weighted by Gasteiger charge is -2.10. The quantitative estimate of drug-likeness (QED) is 0.552. The molecular formula is C20H17N5O3. The van der Waals surface area contributed by atoms with Crippen molar-refractivity contribution in [2.24, 2.45) is 0 Å². The van der Waals surface area contributed by atoms with Crippen molar-refractivity contribution in [2.75, 3.05) is 7.11 Å². The molecule has 0 fully saturated rings. The van der Waals surface area contributed by atoms with Crippen LogP contribution in [0.3, 0.4) is 0 Å². The number of benzene rings is 2. The number of hydrogen-bond acceptors (Lipinski definition) is 7. The second-order valence-corrected chi connectivity index (χ2v) is 6.02. The van der Waals surface area contributed by atoms with E-state index in [9.17, 15) is 4.79 Å². The van der Waals surface area contributed by atoms with Crippen LogP contribution in [0.4, 0.5) is 0 Å². The summed E-state index contributed by atoms with van der Waals surface area (Å²) in [4.78, 5) is 20.5. The Morgan fingerprint density at radius 1 is 1.11 bits per heavy atom. The largest absolute Gasteiger partial charge is 0.496 e. The third-order valence-corrected chi connectivity index (χ3v) is 4.23. The normalized spacial score (nSPS) is 10.8. The van der Waals surface area contributed by atoms with E-state index in [1.807, 2.05) is 36.4 Å². The minimum Gasteiger partial charge on any atom is -0.496 e. The lowest BCUT2D eigenvalue weighted by atomic mass is 10.0. The van der Waals surface area contributed by atoms with E-state index in [-0.39, 0.29) is 24.8 Å². The van der Waals surface area contributed by atoms with Crippen LogP contribution in [0.15, 0.2) is 59.4 Å². The number of nitrogens with zero attached hydrogens (tertiary/aromatic N) is 4. The van der Waals surface area contributed by atoms with Gasteiger partial charge in [0.15, 0.2) is 0 Å². The van der Waals surface area contributed by atoms with E-state index in [0.29, 0.717) is 11.6 Å². The van der Waals surface area contributed by atoms with Crippen molar-refractivity contribution in [3.8, 4) is 17.3 Å². The number of hydrogen-bond donors (Lipinski definition) is 1. The smallest absolute Gasteiger partial charge is 0.267 e. The molecule has 0 saturated heterocycles. The average Bonchev–Trinajstić information content (AvgIpc) is 3.22. The molecule has 4 rings (SSSR count). The molecule has 0 aliphatic rings. The van der Waals surface area contributed by atoms with Gasteiger partial charge in [0.2, 0.25) is 11.8 Å². The van der Waals surface area contributed by atoms with Crippen molar-refractivity contribution in [3.05, 3.63) is 66.4 Å². The van der Waals surface area contributed by atoms with Crippen LogP contribution in [0.25, 0.3) is 22.4 Å². The first-order valence-electron chi connectivity index (χ1n) is 8.64. The number of nitrogens with one attached hydrogen (secondary N) is 1. The maximum Gasteiger partial charge on any atom is 0.267 e. The zero-order chi connectivity index (χ0) is 19.3. The standard InChI is InChI=1S/C20H17N5O3/c1-27-17-7-6-13(14-4-2-3-5-15(14)17)10-18(26)23-12-19-24-25-20(28-19)16-11-21-8-9-22-16/h2-9,11H,10,12H2,1H3,(H,23,26). The summed E-state index contributed by atoms with van der Waals surface area (Å²) in [7, 11) is 1.63. The molecule has 0 unspecified atom stereocenters. The van der Waals surface area contributed by atoms with Crippen LogP contribution >= 0.6 is 0 Å². The molecule has 8 nitrogen and oxygen atoms in total. The van der Waals surface area contributed by atoms with Crippen molar-refractivity contribution >= 4 is 16.7 Å². The first-order valence-corrected chi connectivity index (χ1v) is 8.64.